The fourth-order valence-electron chi connectivity index (χ4n) is 2.14. The van der Waals surface area contributed by atoms with Gasteiger partial charge in [0.25, 0.3) is 0 Å². The SMILES string of the molecule is CCOC(=O)Cc1csc(NC(=O)Cc2ccc(OC)c(OC)c2)n1. The van der Waals surface area contributed by atoms with Gasteiger partial charge in [-0.3, -0.25) is 9.59 Å². The van der Waals surface area contributed by atoms with E-state index in [-0.39, 0.29) is 24.7 Å². The summed E-state index contributed by atoms with van der Waals surface area (Å²) in [6, 6.07) is 5.31. The van der Waals surface area contributed by atoms with E-state index in [1.54, 1.807) is 44.7 Å². The first-order valence-electron chi connectivity index (χ1n) is 7.66. The maximum absolute atomic E-state index is 12.2. The Bertz CT molecular complexity index is 744. The van der Waals surface area contributed by atoms with Gasteiger partial charge in [0.15, 0.2) is 16.6 Å². The van der Waals surface area contributed by atoms with Crippen LogP contribution in [0.5, 0.6) is 11.5 Å². The molecule has 0 aliphatic carbocycles. The molecule has 1 aromatic carbocycles. The van der Waals surface area contributed by atoms with Crippen molar-refractivity contribution in [2.45, 2.75) is 19.8 Å². The molecule has 2 rings (SSSR count). The number of methoxy groups -OCH3 is 2. The molecule has 0 saturated carbocycles. The number of esters is 1. The minimum Gasteiger partial charge on any atom is -0.493 e. The van der Waals surface area contributed by atoms with E-state index in [2.05, 4.69) is 10.3 Å². The van der Waals surface area contributed by atoms with Gasteiger partial charge in [0, 0.05) is 5.38 Å². The molecule has 0 saturated heterocycles. The number of anilines is 1. The fraction of sp³-hybridized carbons (Fsp3) is 0.353. The summed E-state index contributed by atoms with van der Waals surface area (Å²) >= 11 is 1.27. The summed E-state index contributed by atoms with van der Waals surface area (Å²) in [7, 11) is 3.10. The van der Waals surface area contributed by atoms with Crippen molar-refractivity contribution < 1.29 is 23.8 Å². The normalized spacial score (nSPS) is 10.2. The largest absolute Gasteiger partial charge is 0.493 e. The fourth-order valence-corrected chi connectivity index (χ4v) is 2.87. The molecule has 0 bridgehead atoms. The second-order valence-electron chi connectivity index (χ2n) is 5.04. The van der Waals surface area contributed by atoms with E-state index in [1.807, 2.05) is 0 Å². The molecular formula is C17H20N2O5S. The topological polar surface area (TPSA) is 86.8 Å². The van der Waals surface area contributed by atoms with Crippen molar-refractivity contribution in [1.82, 2.24) is 4.98 Å². The van der Waals surface area contributed by atoms with Crippen molar-refractivity contribution in [3.8, 4) is 11.5 Å². The van der Waals surface area contributed by atoms with E-state index in [4.69, 9.17) is 14.2 Å². The Morgan fingerprint density at radius 3 is 2.60 bits per heavy atom. The molecule has 1 heterocycles. The van der Waals surface area contributed by atoms with Crippen molar-refractivity contribution in [2.24, 2.45) is 0 Å². The number of carbonyl (C=O) groups is 2. The van der Waals surface area contributed by atoms with Gasteiger partial charge in [-0.05, 0) is 24.6 Å². The molecule has 8 heteroatoms. The van der Waals surface area contributed by atoms with Crippen LogP contribution in [0.1, 0.15) is 18.2 Å². The minimum absolute atomic E-state index is 0.0931. The zero-order valence-corrected chi connectivity index (χ0v) is 15.1. The van der Waals surface area contributed by atoms with Gasteiger partial charge in [-0.15, -0.1) is 11.3 Å². The first-order chi connectivity index (χ1) is 12.0. The van der Waals surface area contributed by atoms with E-state index in [1.165, 1.54) is 11.3 Å². The standard InChI is InChI=1S/C17H20N2O5S/c1-4-24-16(21)9-12-10-25-17(18-12)19-15(20)8-11-5-6-13(22-2)14(7-11)23-3/h5-7,10H,4,8-9H2,1-3H3,(H,18,19,20). The van der Waals surface area contributed by atoms with Crippen molar-refractivity contribution in [3.63, 3.8) is 0 Å². The van der Waals surface area contributed by atoms with Gasteiger partial charge in [0.1, 0.15) is 0 Å². The molecular weight excluding hydrogens is 344 g/mol. The second-order valence-corrected chi connectivity index (χ2v) is 5.90. The third-order valence-electron chi connectivity index (χ3n) is 3.24. The summed E-state index contributed by atoms with van der Waals surface area (Å²) in [6.07, 6.45) is 0.267. The molecule has 7 nitrogen and oxygen atoms in total. The molecule has 25 heavy (non-hydrogen) atoms. The quantitative estimate of drug-likeness (QED) is 0.724. The number of hydrogen-bond acceptors (Lipinski definition) is 7. The molecule has 0 atom stereocenters. The van der Waals surface area contributed by atoms with Crippen LogP contribution in [0.2, 0.25) is 0 Å². The maximum atomic E-state index is 12.2. The van der Waals surface area contributed by atoms with Crippen molar-refractivity contribution in [3.05, 3.63) is 34.8 Å². The monoisotopic (exact) mass is 364 g/mol. The molecule has 0 unspecified atom stereocenters. The van der Waals surface area contributed by atoms with Gasteiger partial charge in [-0.25, -0.2) is 4.98 Å². The summed E-state index contributed by atoms with van der Waals surface area (Å²) in [5, 5.41) is 4.90. The number of amides is 1. The zero-order chi connectivity index (χ0) is 18.2. The first-order valence-corrected chi connectivity index (χ1v) is 8.54. The van der Waals surface area contributed by atoms with Gasteiger partial charge < -0.3 is 19.5 Å². The van der Waals surface area contributed by atoms with E-state index in [0.29, 0.717) is 28.9 Å². The highest BCUT2D eigenvalue weighted by atomic mass is 32.1. The number of benzene rings is 1. The van der Waals surface area contributed by atoms with Crippen LogP contribution in [0, 0.1) is 0 Å². The summed E-state index contributed by atoms with van der Waals surface area (Å²) in [5.41, 5.74) is 1.36. The van der Waals surface area contributed by atoms with Crippen LogP contribution in [0.4, 0.5) is 5.13 Å². The Balaban J connectivity index is 1.94. The van der Waals surface area contributed by atoms with E-state index < -0.39 is 0 Å². The number of thiazole rings is 1. The Morgan fingerprint density at radius 2 is 1.92 bits per heavy atom. The zero-order valence-electron chi connectivity index (χ0n) is 14.3. The molecule has 1 amide bonds. The van der Waals surface area contributed by atoms with Gasteiger partial charge >= 0.3 is 5.97 Å². The average molecular weight is 364 g/mol. The number of carbonyl (C=O) groups excluding carboxylic acids is 2. The van der Waals surface area contributed by atoms with Crippen LogP contribution < -0.4 is 14.8 Å². The molecule has 1 aromatic heterocycles. The van der Waals surface area contributed by atoms with Crippen LogP contribution in [0.25, 0.3) is 0 Å². The van der Waals surface area contributed by atoms with Crippen LogP contribution in [0.3, 0.4) is 0 Å². The number of rotatable bonds is 8. The van der Waals surface area contributed by atoms with Gasteiger partial charge in [0.2, 0.25) is 5.91 Å². The number of nitrogens with zero attached hydrogens (tertiary/aromatic N) is 1. The Kier molecular flexibility index (Phi) is 6.76. The summed E-state index contributed by atoms with van der Waals surface area (Å²) < 4.78 is 15.3. The van der Waals surface area contributed by atoms with Crippen LogP contribution in [-0.2, 0) is 27.2 Å². The van der Waals surface area contributed by atoms with Crippen LogP contribution in [0.15, 0.2) is 23.6 Å². The smallest absolute Gasteiger partial charge is 0.311 e. The van der Waals surface area contributed by atoms with E-state index >= 15 is 0 Å². The molecule has 0 spiro atoms. The second kappa shape index (κ2) is 9.03. The lowest BCUT2D eigenvalue weighted by atomic mass is 10.1. The first kappa shape index (κ1) is 18.7. The highest BCUT2D eigenvalue weighted by Crippen LogP contribution is 2.27. The van der Waals surface area contributed by atoms with Crippen LogP contribution in [-0.4, -0.2) is 37.7 Å². The highest BCUT2D eigenvalue weighted by molar-refractivity contribution is 7.13. The Hall–Kier alpha value is -2.61. The molecule has 0 aliphatic heterocycles. The molecule has 2 aromatic rings. The lowest BCUT2D eigenvalue weighted by Gasteiger charge is -2.09. The van der Waals surface area contributed by atoms with Gasteiger partial charge in [0.05, 0.1) is 39.4 Å². The van der Waals surface area contributed by atoms with Crippen molar-refractivity contribution in [2.75, 3.05) is 26.1 Å². The van der Waals surface area contributed by atoms with Crippen LogP contribution >= 0.6 is 11.3 Å². The minimum atomic E-state index is -0.337. The molecule has 0 fully saturated rings. The predicted octanol–water partition coefficient (Wildman–Crippen LogP) is 2.45. The molecule has 1 N–H and O–H groups in total. The number of hydrogen-bond donors (Lipinski definition) is 1. The van der Waals surface area contributed by atoms with E-state index in [0.717, 1.165) is 5.56 Å². The number of ether oxygens (including phenoxy) is 3. The highest BCUT2D eigenvalue weighted by Gasteiger charge is 2.12. The Morgan fingerprint density at radius 1 is 1.16 bits per heavy atom. The number of nitrogens with one attached hydrogen (secondary N) is 1. The third kappa shape index (κ3) is 5.46. The average Bonchev–Trinajstić information content (AvgIpc) is 3.01. The lowest BCUT2D eigenvalue weighted by molar-refractivity contribution is -0.142. The summed E-state index contributed by atoms with van der Waals surface area (Å²) in [6.45, 7) is 2.08. The van der Waals surface area contributed by atoms with E-state index in [9.17, 15) is 9.59 Å². The molecule has 0 radical (unpaired) electrons. The Labute approximate surface area is 149 Å². The third-order valence-corrected chi connectivity index (χ3v) is 4.05. The van der Waals surface area contributed by atoms with Gasteiger partial charge in [-0.1, -0.05) is 6.07 Å². The number of aromatic nitrogens is 1. The van der Waals surface area contributed by atoms with Crippen molar-refractivity contribution in [1.29, 1.82) is 0 Å². The molecule has 0 aliphatic rings. The molecule has 134 valence electrons. The predicted molar refractivity (Wildman–Crippen MR) is 94.3 cm³/mol. The lowest BCUT2D eigenvalue weighted by Crippen LogP contribution is -2.14. The van der Waals surface area contributed by atoms with Crippen molar-refractivity contribution >= 4 is 28.3 Å². The summed E-state index contributed by atoms with van der Waals surface area (Å²) in [5.74, 6) is 0.634. The van der Waals surface area contributed by atoms with Gasteiger partial charge in [-0.2, -0.15) is 0 Å². The summed E-state index contributed by atoms with van der Waals surface area (Å²) in [4.78, 5) is 27.8. The maximum Gasteiger partial charge on any atom is 0.311 e.